The van der Waals surface area contributed by atoms with Gasteiger partial charge in [0.25, 0.3) is 0 Å². The Labute approximate surface area is 146 Å². The molecule has 0 N–H and O–H groups in total. The first-order valence-corrected chi connectivity index (χ1v) is 10.8. The van der Waals surface area contributed by atoms with Crippen LogP contribution in [0.4, 0.5) is 0 Å². The molecule has 1 aliphatic heterocycles. The minimum atomic E-state index is 1.18. The van der Waals surface area contributed by atoms with E-state index in [1.165, 1.54) is 128 Å². The average molecular weight is 323 g/mol. The SMILES string of the molecule is CCCCCCCCCCCCCCCCCCCCC1=CO1. The molecule has 0 saturated carbocycles. The third-order valence-corrected chi connectivity index (χ3v) is 5.06. The van der Waals surface area contributed by atoms with Gasteiger partial charge in [-0.2, -0.15) is 0 Å². The fourth-order valence-corrected chi connectivity index (χ4v) is 3.36. The molecule has 0 saturated heterocycles. The van der Waals surface area contributed by atoms with Gasteiger partial charge in [0.05, 0.1) is 0 Å². The van der Waals surface area contributed by atoms with E-state index in [-0.39, 0.29) is 0 Å². The van der Waals surface area contributed by atoms with Crippen molar-refractivity contribution in [3.05, 3.63) is 12.0 Å². The maximum absolute atomic E-state index is 5.03. The van der Waals surface area contributed by atoms with Crippen LogP contribution in [0.25, 0.3) is 0 Å². The molecular formula is C22H42O. The molecule has 1 heteroatoms. The van der Waals surface area contributed by atoms with Crippen LogP contribution in [-0.4, -0.2) is 0 Å². The topological polar surface area (TPSA) is 12.5 Å². The monoisotopic (exact) mass is 322 g/mol. The van der Waals surface area contributed by atoms with Crippen LogP contribution >= 0.6 is 0 Å². The molecule has 1 nitrogen and oxygen atoms in total. The minimum Gasteiger partial charge on any atom is -0.463 e. The van der Waals surface area contributed by atoms with Gasteiger partial charge in [0.2, 0.25) is 0 Å². The summed E-state index contributed by atoms with van der Waals surface area (Å²) in [4.78, 5) is 0. The second-order valence-corrected chi connectivity index (χ2v) is 7.46. The van der Waals surface area contributed by atoms with Crippen molar-refractivity contribution in [3.8, 4) is 0 Å². The zero-order chi connectivity index (χ0) is 16.4. The molecule has 0 unspecified atom stereocenters. The van der Waals surface area contributed by atoms with E-state index in [9.17, 15) is 0 Å². The van der Waals surface area contributed by atoms with Gasteiger partial charge in [0, 0.05) is 6.42 Å². The molecule has 0 fully saturated rings. The van der Waals surface area contributed by atoms with E-state index in [1.54, 1.807) is 0 Å². The van der Waals surface area contributed by atoms with Gasteiger partial charge in [-0.3, -0.25) is 0 Å². The van der Waals surface area contributed by atoms with Crippen LogP contribution < -0.4 is 0 Å². The van der Waals surface area contributed by atoms with Crippen molar-refractivity contribution in [2.75, 3.05) is 0 Å². The maximum atomic E-state index is 5.03. The minimum absolute atomic E-state index is 1.18. The summed E-state index contributed by atoms with van der Waals surface area (Å²) in [5, 5.41) is 0. The molecule has 23 heavy (non-hydrogen) atoms. The molecule has 0 spiro atoms. The van der Waals surface area contributed by atoms with Crippen LogP contribution in [0.2, 0.25) is 0 Å². The lowest BCUT2D eigenvalue weighted by molar-refractivity contribution is 0.469. The molecule has 1 rings (SSSR count). The van der Waals surface area contributed by atoms with Crippen LogP contribution in [0, 0.1) is 0 Å². The van der Waals surface area contributed by atoms with Crippen LogP contribution in [0.5, 0.6) is 0 Å². The number of ether oxygens (including phenoxy) is 1. The Bertz CT molecular complexity index is 269. The van der Waals surface area contributed by atoms with E-state index in [0.717, 1.165) is 0 Å². The Kier molecular flexibility index (Phi) is 14.7. The van der Waals surface area contributed by atoms with Crippen LogP contribution in [0.1, 0.15) is 129 Å². The standard InChI is InChI=1S/C22H42O/c1-2-3-4-5-6-7-8-9-10-11-12-13-14-15-16-17-18-19-20-22-21-23-22/h21H,2-20H2,1H3. The molecule has 0 aromatic rings. The Morgan fingerprint density at radius 1 is 0.522 bits per heavy atom. The first kappa shape index (κ1) is 20.6. The summed E-state index contributed by atoms with van der Waals surface area (Å²) < 4.78 is 5.03. The van der Waals surface area contributed by atoms with Gasteiger partial charge in [0.1, 0.15) is 12.0 Å². The van der Waals surface area contributed by atoms with Crippen LogP contribution in [0.15, 0.2) is 12.0 Å². The predicted molar refractivity (Wildman–Crippen MR) is 103 cm³/mol. The van der Waals surface area contributed by atoms with Crippen molar-refractivity contribution in [3.63, 3.8) is 0 Å². The van der Waals surface area contributed by atoms with E-state index in [0.29, 0.717) is 0 Å². The summed E-state index contributed by atoms with van der Waals surface area (Å²) in [5.74, 6) is 1.22. The zero-order valence-corrected chi connectivity index (χ0v) is 15.9. The fraction of sp³-hybridized carbons (Fsp3) is 0.909. The number of unbranched alkanes of at least 4 members (excludes halogenated alkanes) is 17. The van der Waals surface area contributed by atoms with Gasteiger partial charge in [-0.05, 0) is 6.42 Å². The summed E-state index contributed by atoms with van der Waals surface area (Å²) in [7, 11) is 0. The highest BCUT2D eigenvalue weighted by molar-refractivity contribution is 5.01. The van der Waals surface area contributed by atoms with Gasteiger partial charge >= 0.3 is 0 Å². The molecule has 0 aliphatic carbocycles. The summed E-state index contributed by atoms with van der Waals surface area (Å²) >= 11 is 0. The van der Waals surface area contributed by atoms with Crippen molar-refractivity contribution < 1.29 is 4.74 Å². The molecular weight excluding hydrogens is 280 g/mol. The van der Waals surface area contributed by atoms with E-state index in [2.05, 4.69) is 6.92 Å². The molecule has 1 aliphatic rings. The summed E-state index contributed by atoms with van der Waals surface area (Å²) in [6.07, 6.45) is 29.1. The van der Waals surface area contributed by atoms with Gasteiger partial charge < -0.3 is 4.74 Å². The highest BCUT2D eigenvalue weighted by Crippen LogP contribution is 2.21. The summed E-state index contributed by atoms with van der Waals surface area (Å²) in [6, 6.07) is 0. The normalized spacial score (nSPS) is 13.0. The van der Waals surface area contributed by atoms with E-state index in [1.807, 2.05) is 6.26 Å². The van der Waals surface area contributed by atoms with Crippen molar-refractivity contribution in [2.24, 2.45) is 0 Å². The van der Waals surface area contributed by atoms with Crippen molar-refractivity contribution in [1.82, 2.24) is 0 Å². The number of hydrogen-bond donors (Lipinski definition) is 0. The molecule has 136 valence electrons. The van der Waals surface area contributed by atoms with E-state index < -0.39 is 0 Å². The Balaban J connectivity index is 1.60. The van der Waals surface area contributed by atoms with Gasteiger partial charge in [-0.25, -0.2) is 0 Å². The maximum Gasteiger partial charge on any atom is 0.138 e. The molecule has 0 radical (unpaired) electrons. The Hall–Kier alpha value is -0.460. The second-order valence-electron chi connectivity index (χ2n) is 7.46. The lowest BCUT2D eigenvalue weighted by Gasteiger charge is -2.03. The van der Waals surface area contributed by atoms with Crippen LogP contribution in [0.3, 0.4) is 0 Å². The Morgan fingerprint density at radius 3 is 1.13 bits per heavy atom. The molecule has 1 heterocycles. The molecule has 0 bridgehead atoms. The largest absolute Gasteiger partial charge is 0.463 e. The molecule has 0 aromatic heterocycles. The fourth-order valence-electron chi connectivity index (χ4n) is 3.36. The number of hydrogen-bond acceptors (Lipinski definition) is 1. The molecule has 0 amide bonds. The summed E-state index contributed by atoms with van der Waals surface area (Å²) in [5.41, 5.74) is 0. The van der Waals surface area contributed by atoms with Crippen LogP contribution in [-0.2, 0) is 4.74 Å². The second kappa shape index (κ2) is 16.4. The third-order valence-electron chi connectivity index (χ3n) is 5.06. The molecule has 0 aromatic carbocycles. The first-order chi connectivity index (χ1) is 11.4. The van der Waals surface area contributed by atoms with Gasteiger partial charge in [0.15, 0.2) is 0 Å². The van der Waals surface area contributed by atoms with E-state index >= 15 is 0 Å². The number of allylic oxidation sites excluding steroid dienone is 1. The van der Waals surface area contributed by atoms with E-state index in [4.69, 9.17) is 4.74 Å². The third kappa shape index (κ3) is 16.2. The van der Waals surface area contributed by atoms with Crippen molar-refractivity contribution in [1.29, 1.82) is 0 Å². The van der Waals surface area contributed by atoms with Crippen molar-refractivity contribution in [2.45, 2.75) is 129 Å². The first-order valence-electron chi connectivity index (χ1n) is 10.8. The van der Waals surface area contributed by atoms with Crippen molar-refractivity contribution >= 4 is 0 Å². The molecule has 0 atom stereocenters. The quantitative estimate of drug-likeness (QED) is 0.218. The Morgan fingerprint density at radius 2 is 0.826 bits per heavy atom. The lowest BCUT2D eigenvalue weighted by atomic mass is 10.0. The zero-order valence-electron chi connectivity index (χ0n) is 15.9. The number of rotatable bonds is 19. The highest BCUT2D eigenvalue weighted by atomic mass is 16.5. The van der Waals surface area contributed by atoms with Gasteiger partial charge in [-0.15, -0.1) is 0 Å². The smallest absolute Gasteiger partial charge is 0.138 e. The predicted octanol–water partition coefficient (Wildman–Crippen LogP) is 8.29. The highest BCUT2D eigenvalue weighted by Gasteiger charge is 2.07. The lowest BCUT2D eigenvalue weighted by Crippen LogP contribution is -1.84. The van der Waals surface area contributed by atoms with Gasteiger partial charge in [-0.1, -0.05) is 116 Å². The summed E-state index contributed by atoms with van der Waals surface area (Å²) in [6.45, 7) is 2.30. The average Bonchev–Trinajstić information content (AvgIpc) is 3.38.